The maximum atomic E-state index is 12.3. The van der Waals surface area contributed by atoms with E-state index in [1.54, 1.807) is 18.4 Å². The molecule has 6 heteroatoms. The fourth-order valence-corrected chi connectivity index (χ4v) is 3.38. The van der Waals surface area contributed by atoms with Gasteiger partial charge in [-0.2, -0.15) is 0 Å². The fraction of sp³-hybridized carbons (Fsp3) is 0.333. The second-order valence-corrected chi connectivity index (χ2v) is 6.64. The highest BCUT2D eigenvalue weighted by molar-refractivity contribution is 7.09. The van der Waals surface area contributed by atoms with Crippen molar-refractivity contribution in [1.29, 1.82) is 0 Å². The Labute approximate surface area is 146 Å². The van der Waals surface area contributed by atoms with E-state index in [9.17, 15) is 4.79 Å². The molecular weight excluding hydrogens is 322 g/mol. The van der Waals surface area contributed by atoms with Gasteiger partial charge >= 0.3 is 6.03 Å². The molecule has 24 heavy (non-hydrogen) atoms. The van der Waals surface area contributed by atoms with Crippen LogP contribution in [0.2, 0.25) is 0 Å². The van der Waals surface area contributed by atoms with Crippen LogP contribution in [0.25, 0.3) is 5.57 Å². The summed E-state index contributed by atoms with van der Waals surface area (Å²) >= 11 is 1.57. The van der Waals surface area contributed by atoms with Gasteiger partial charge in [-0.15, -0.1) is 11.3 Å². The van der Waals surface area contributed by atoms with Crippen LogP contribution in [0, 0.1) is 6.92 Å². The number of nitrogens with one attached hydrogen (secondary N) is 1. The summed E-state index contributed by atoms with van der Waals surface area (Å²) in [5.74, 6) is 0.855. The van der Waals surface area contributed by atoms with Gasteiger partial charge in [0.1, 0.15) is 10.8 Å². The van der Waals surface area contributed by atoms with Gasteiger partial charge in [-0.1, -0.05) is 18.2 Å². The largest absolute Gasteiger partial charge is 0.497 e. The molecule has 0 radical (unpaired) electrons. The number of urea groups is 1. The summed E-state index contributed by atoms with van der Waals surface area (Å²) in [5.41, 5.74) is 3.46. The number of aryl methyl sites for hydroxylation is 1. The summed E-state index contributed by atoms with van der Waals surface area (Å²) < 4.78 is 5.19. The number of thiazole rings is 1. The molecule has 0 aliphatic carbocycles. The first kappa shape index (κ1) is 16.5. The normalized spacial score (nSPS) is 14.2. The third kappa shape index (κ3) is 3.94. The van der Waals surface area contributed by atoms with Crippen LogP contribution in [0.3, 0.4) is 0 Å². The molecule has 2 heterocycles. The molecule has 0 fully saturated rings. The Morgan fingerprint density at radius 1 is 1.38 bits per heavy atom. The van der Waals surface area contributed by atoms with Crippen LogP contribution < -0.4 is 10.1 Å². The van der Waals surface area contributed by atoms with Crippen LogP contribution in [-0.2, 0) is 6.54 Å². The highest BCUT2D eigenvalue weighted by atomic mass is 32.1. The lowest BCUT2D eigenvalue weighted by atomic mass is 9.99. The Bertz CT molecular complexity index is 737. The third-order valence-corrected chi connectivity index (χ3v) is 4.98. The van der Waals surface area contributed by atoms with E-state index in [-0.39, 0.29) is 6.03 Å². The van der Waals surface area contributed by atoms with Crippen LogP contribution in [-0.4, -0.2) is 36.1 Å². The molecule has 2 aromatic rings. The van der Waals surface area contributed by atoms with Crippen molar-refractivity contribution in [1.82, 2.24) is 15.2 Å². The Morgan fingerprint density at radius 2 is 2.17 bits per heavy atom. The monoisotopic (exact) mass is 343 g/mol. The number of aromatic nitrogens is 1. The number of amides is 2. The molecule has 1 aliphatic rings. The van der Waals surface area contributed by atoms with Gasteiger partial charge in [-0.3, -0.25) is 0 Å². The molecule has 5 nitrogen and oxygen atoms in total. The highest BCUT2D eigenvalue weighted by Gasteiger charge is 2.18. The van der Waals surface area contributed by atoms with E-state index in [1.165, 1.54) is 11.1 Å². The van der Waals surface area contributed by atoms with Gasteiger partial charge in [0.05, 0.1) is 13.7 Å². The summed E-state index contributed by atoms with van der Waals surface area (Å²) in [4.78, 5) is 18.4. The number of rotatable bonds is 4. The van der Waals surface area contributed by atoms with E-state index in [2.05, 4.69) is 28.5 Å². The SMILES string of the molecule is COc1ccc(C2=CCN(C(=O)NCc3nc(C)cs3)CC2)cc1. The van der Waals surface area contributed by atoms with Crippen LogP contribution >= 0.6 is 11.3 Å². The smallest absolute Gasteiger partial charge is 0.318 e. The molecule has 0 bridgehead atoms. The number of ether oxygens (including phenoxy) is 1. The minimum atomic E-state index is -0.0344. The maximum absolute atomic E-state index is 12.3. The quantitative estimate of drug-likeness (QED) is 0.925. The average Bonchev–Trinajstić information content (AvgIpc) is 3.05. The maximum Gasteiger partial charge on any atom is 0.318 e. The van der Waals surface area contributed by atoms with Crippen molar-refractivity contribution in [2.24, 2.45) is 0 Å². The molecular formula is C18H21N3O2S. The molecule has 0 spiro atoms. The van der Waals surface area contributed by atoms with Crippen molar-refractivity contribution in [2.45, 2.75) is 19.9 Å². The van der Waals surface area contributed by atoms with Crippen LogP contribution in [0.15, 0.2) is 35.7 Å². The molecule has 3 rings (SSSR count). The summed E-state index contributed by atoms with van der Waals surface area (Å²) in [7, 11) is 1.67. The third-order valence-electron chi connectivity index (χ3n) is 4.01. The molecule has 0 saturated heterocycles. The summed E-state index contributed by atoms with van der Waals surface area (Å²) in [6, 6.07) is 8.01. The number of hydrogen-bond acceptors (Lipinski definition) is 4. The molecule has 1 aromatic heterocycles. The van der Waals surface area contributed by atoms with Crippen molar-refractivity contribution in [3.8, 4) is 5.75 Å². The van der Waals surface area contributed by atoms with E-state index in [1.807, 2.05) is 29.3 Å². The van der Waals surface area contributed by atoms with Gasteiger partial charge in [-0.05, 0) is 36.6 Å². The summed E-state index contributed by atoms with van der Waals surface area (Å²) in [5, 5.41) is 5.87. The lowest BCUT2D eigenvalue weighted by Gasteiger charge is -2.26. The van der Waals surface area contributed by atoms with Crippen LogP contribution in [0.4, 0.5) is 4.79 Å². The number of nitrogens with zero attached hydrogens (tertiary/aromatic N) is 2. The van der Waals surface area contributed by atoms with Crippen LogP contribution in [0.1, 0.15) is 22.7 Å². The molecule has 1 N–H and O–H groups in total. The molecule has 2 amide bonds. The van der Waals surface area contributed by atoms with Gasteiger partial charge in [0.25, 0.3) is 0 Å². The topological polar surface area (TPSA) is 54.5 Å². The number of carbonyl (C=O) groups is 1. The van der Waals surface area contributed by atoms with E-state index < -0.39 is 0 Å². The number of hydrogen-bond donors (Lipinski definition) is 1. The first-order valence-corrected chi connectivity index (χ1v) is 8.81. The van der Waals surface area contributed by atoms with Crippen molar-refractivity contribution >= 4 is 22.9 Å². The van der Waals surface area contributed by atoms with Crippen LogP contribution in [0.5, 0.6) is 5.75 Å². The lowest BCUT2D eigenvalue weighted by Crippen LogP contribution is -2.41. The second kappa shape index (κ2) is 7.49. The Balaban J connectivity index is 1.54. The minimum Gasteiger partial charge on any atom is -0.497 e. The first-order valence-electron chi connectivity index (χ1n) is 7.93. The second-order valence-electron chi connectivity index (χ2n) is 5.70. The molecule has 0 unspecified atom stereocenters. The van der Waals surface area contributed by atoms with Gasteiger partial charge in [0.2, 0.25) is 0 Å². The predicted octanol–water partition coefficient (Wildman–Crippen LogP) is 3.46. The number of carbonyl (C=O) groups excluding carboxylic acids is 1. The lowest BCUT2D eigenvalue weighted by molar-refractivity contribution is 0.202. The van der Waals surface area contributed by atoms with Crippen molar-refractivity contribution in [3.05, 3.63) is 52.0 Å². The number of benzene rings is 1. The molecule has 0 saturated carbocycles. The molecule has 1 aromatic carbocycles. The molecule has 1 aliphatic heterocycles. The zero-order valence-electron chi connectivity index (χ0n) is 13.9. The van der Waals surface area contributed by atoms with Gasteiger partial charge in [0.15, 0.2) is 0 Å². The summed E-state index contributed by atoms with van der Waals surface area (Å²) in [6.45, 7) is 3.80. The Hall–Kier alpha value is -2.34. The van der Waals surface area contributed by atoms with Crippen molar-refractivity contribution in [2.75, 3.05) is 20.2 Å². The molecule has 0 atom stereocenters. The van der Waals surface area contributed by atoms with E-state index in [0.29, 0.717) is 13.1 Å². The Kier molecular flexibility index (Phi) is 5.15. The first-order chi connectivity index (χ1) is 11.7. The average molecular weight is 343 g/mol. The predicted molar refractivity (Wildman–Crippen MR) is 96.2 cm³/mol. The Morgan fingerprint density at radius 3 is 2.75 bits per heavy atom. The van der Waals surface area contributed by atoms with E-state index in [0.717, 1.165) is 29.4 Å². The highest BCUT2D eigenvalue weighted by Crippen LogP contribution is 2.24. The standard InChI is InChI=1S/C18H21N3O2S/c1-13-12-24-17(20-13)11-19-18(22)21-9-7-15(8-10-21)14-3-5-16(23-2)6-4-14/h3-7,12H,8-11H2,1-2H3,(H,19,22). The fourth-order valence-electron chi connectivity index (χ4n) is 2.67. The van der Waals surface area contributed by atoms with E-state index >= 15 is 0 Å². The zero-order chi connectivity index (χ0) is 16.9. The molecule has 126 valence electrons. The van der Waals surface area contributed by atoms with Gasteiger partial charge < -0.3 is 15.0 Å². The van der Waals surface area contributed by atoms with Crippen molar-refractivity contribution < 1.29 is 9.53 Å². The van der Waals surface area contributed by atoms with Gasteiger partial charge in [-0.25, -0.2) is 9.78 Å². The minimum absolute atomic E-state index is 0.0344. The van der Waals surface area contributed by atoms with Gasteiger partial charge in [0, 0.05) is 24.2 Å². The zero-order valence-corrected chi connectivity index (χ0v) is 14.7. The summed E-state index contributed by atoms with van der Waals surface area (Å²) in [6.07, 6.45) is 2.98. The van der Waals surface area contributed by atoms with E-state index in [4.69, 9.17) is 4.74 Å². The number of methoxy groups -OCH3 is 1. The van der Waals surface area contributed by atoms with Crippen molar-refractivity contribution in [3.63, 3.8) is 0 Å².